The van der Waals surface area contributed by atoms with Gasteiger partial charge in [-0.2, -0.15) is 0 Å². The molecule has 11 rings (SSSR count). The summed E-state index contributed by atoms with van der Waals surface area (Å²) in [5.41, 5.74) is 8.56. The Bertz CT molecular complexity index is 2880. The third-order valence-corrected chi connectivity index (χ3v) is 12.8. The number of hydrogen-bond donors (Lipinski definition) is 2. The lowest BCUT2D eigenvalue weighted by atomic mass is 9.92. The molecule has 9 aromatic rings. The van der Waals surface area contributed by atoms with Crippen LogP contribution >= 0.6 is 22.7 Å². The highest BCUT2D eigenvalue weighted by Crippen LogP contribution is 2.52. The molecular weight excluding hydrogens is 635 g/mol. The predicted molar refractivity (Wildman–Crippen MR) is 211 cm³/mol. The second kappa shape index (κ2) is 10.5. The highest BCUT2D eigenvalue weighted by molar-refractivity contribution is 7.33. The fourth-order valence-electron chi connectivity index (χ4n) is 8.12. The van der Waals surface area contributed by atoms with Crippen LogP contribution in [0.4, 0.5) is 0 Å². The van der Waals surface area contributed by atoms with Gasteiger partial charge in [0.15, 0.2) is 0 Å². The maximum absolute atomic E-state index is 3.85. The number of fused-ring (bicyclic) bond motifs is 13. The average molecular weight is 664 g/mol. The lowest BCUT2D eigenvalue weighted by Gasteiger charge is -2.36. The number of nitrogens with one attached hydrogen (secondary N) is 2. The number of nitrogens with zero attached hydrogens (tertiary/aromatic N) is 1. The van der Waals surface area contributed by atoms with Crippen molar-refractivity contribution in [1.82, 2.24) is 15.2 Å². The first kappa shape index (κ1) is 27.5. The zero-order valence-corrected chi connectivity index (χ0v) is 28.0. The van der Waals surface area contributed by atoms with Crippen molar-refractivity contribution in [1.29, 1.82) is 0 Å². The SMILES string of the molecule is C1=CC2=C(c3ccccc3)NC(c3ccc(-n4c5ccccc5c5c6c7ccccc7sc6c6sc7ccccc7c6c54)cc3)NC2C=C1. The monoisotopic (exact) mass is 663 g/mol. The van der Waals surface area contributed by atoms with Crippen LogP contribution in [-0.4, -0.2) is 10.6 Å². The Labute approximate surface area is 290 Å². The maximum Gasteiger partial charge on any atom is 0.104 e. The van der Waals surface area contributed by atoms with Gasteiger partial charge in [-0.15, -0.1) is 22.7 Å². The van der Waals surface area contributed by atoms with Crippen molar-refractivity contribution in [3.05, 3.63) is 168 Å². The number of para-hydroxylation sites is 1. The highest BCUT2D eigenvalue weighted by atomic mass is 32.1. The molecule has 5 heteroatoms. The van der Waals surface area contributed by atoms with Crippen molar-refractivity contribution < 1.29 is 0 Å². The molecule has 6 aromatic carbocycles. The van der Waals surface area contributed by atoms with Crippen molar-refractivity contribution in [2.45, 2.75) is 12.2 Å². The van der Waals surface area contributed by atoms with Gasteiger partial charge in [0.1, 0.15) is 6.17 Å². The lowest BCUT2D eigenvalue weighted by Crippen LogP contribution is -2.45. The minimum atomic E-state index is -0.0309. The van der Waals surface area contributed by atoms with Crippen LogP contribution in [0.2, 0.25) is 0 Å². The van der Waals surface area contributed by atoms with Gasteiger partial charge in [-0.05, 0) is 47.0 Å². The molecule has 3 aromatic heterocycles. The first-order valence-corrected chi connectivity index (χ1v) is 18.4. The molecule has 4 heterocycles. The van der Waals surface area contributed by atoms with Gasteiger partial charge in [0.05, 0.1) is 26.5 Å². The lowest BCUT2D eigenvalue weighted by molar-refractivity contribution is 0.460. The topological polar surface area (TPSA) is 29.0 Å². The fraction of sp³-hybridized carbons (Fsp3) is 0.0455. The summed E-state index contributed by atoms with van der Waals surface area (Å²) in [4.78, 5) is 0. The molecule has 0 bridgehead atoms. The summed E-state index contributed by atoms with van der Waals surface area (Å²) in [7, 11) is 0. The van der Waals surface area contributed by atoms with Crippen molar-refractivity contribution >= 4 is 90.5 Å². The summed E-state index contributed by atoms with van der Waals surface area (Å²) in [6.45, 7) is 0. The summed E-state index contributed by atoms with van der Waals surface area (Å²) in [5, 5.41) is 15.7. The number of thiophene rings is 2. The van der Waals surface area contributed by atoms with Crippen LogP contribution in [0.15, 0.2) is 157 Å². The van der Waals surface area contributed by atoms with Crippen molar-refractivity contribution in [2.75, 3.05) is 0 Å². The maximum atomic E-state index is 3.85. The molecule has 1 aliphatic heterocycles. The Morgan fingerprint density at radius 2 is 1.22 bits per heavy atom. The van der Waals surface area contributed by atoms with E-state index in [1.54, 1.807) is 0 Å². The van der Waals surface area contributed by atoms with Crippen LogP contribution in [0.25, 0.3) is 73.5 Å². The van der Waals surface area contributed by atoms with Crippen LogP contribution in [0, 0.1) is 0 Å². The second-order valence-electron chi connectivity index (χ2n) is 12.9. The number of benzene rings is 6. The van der Waals surface area contributed by atoms with E-state index < -0.39 is 0 Å². The first-order valence-electron chi connectivity index (χ1n) is 16.8. The predicted octanol–water partition coefficient (Wildman–Crippen LogP) is 11.6. The fourth-order valence-corrected chi connectivity index (χ4v) is 10.7. The molecule has 0 radical (unpaired) electrons. The molecule has 2 N–H and O–H groups in total. The summed E-state index contributed by atoms with van der Waals surface area (Å²) < 4.78 is 7.97. The number of allylic oxidation sites excluding steroid dienone is 2. The molecule has 49 heavy (non-hydrogen) atoms. The van der Waals surface area contributed by atoms with Crippen LogP contribution in [0.1, 0.15) is 17.3 Å². The molecule has 0 spiro atoms. The van der Waals surface area contributed by atoms with E-state index in [9.17, 15) is 0 Å². The molecule has 0 amide bonds. The average Bonchev–Trinajstić information content (AvgIpc) is 3.85. The smallest absolute Gasteiger partial charge is 0.104 e. The Morgan fingerprint density at radius 1 is 0.571 bits per heavy atom. The molecule has 0 saturated heterocycles. The van der Waals surface area contributed by atoms with Gasteiger partial charge in [-0.3, -0.25) is 5.32 Å². The molecule has 232 valence electrons. The van der Waals surface area contributed by atoms with E-state index in [2.05, 4.69) is 167 Å². The van der Waals surface area contributed by atoms with Crippen LogP contribution in [0.5, 0.6) is 0 Å². The van der Waals surface area contributed by atoms with Gasteiger partial charge in [-0.1, -0.05) is 121 Å². The van der Waals surface area contributed by atoms with Crippen LogP contribution in [0.3, 0.4) is 0 Å². The van der Waals surface area contributed by atoms with Gasteiger partial charge in [0, 0.05) is 53.1 Å². The molecular formula is C44H29N3S2. The Kier molecular flexibility index (Phi) is 5.90. The highest BCUT2D eigenvalue weighted by Gasteiger charge is 2.29. The van der Waals surface area contributed by atoms with Gasteiger partial charge in [0.25, 0.3) is 0 Å². The second-order valence-corrected chi connectivity index (χ2v) is 15.0. The number of hydrogen-bond acceptors (Lipinski definition) is 4. The van der Waals surface area contributed by atoms with E-state index in [1.165, 1.54) is 90.2 Å². The summed E-state index contributed by atoms with van der Waals surface area (Å²) in [6, 6.07) is 46.8. The summed E-state index contributed by atoms with van der Waals surface area (Å²) >= 11 is 3.86. The molecule has 0 fully saturated rings. The standard InChI is InChI=1S/C44H29N3S2/c1-2-12-26(13-3-1)40-29-14-4-8-18-33(29)45-44(46-40)27-22-24-28(25-23-27)47-34-19-9-5-15-30(34)37-38-31-16-6-10-20-35(31)48-42(38)43-39(41(37)47)32-17-7-11-21-36(32)49-43/h1-25,33,44-46H. The van der Waals surface area contributed by atoms with E-state index >= 15 is 0 Å². The van der Waals surface area contributed by atoms with E-state index in [4.69, 9.17) is 0 Å². The third-order valence-electron chi connectivity index (χ3n) is 10.3. The minimum Gasteiger partial charge on any atom is -0.365 e. The minimum absolute atomic E-state index is 0.0309. The van der Waals surface area contributed by atoms with Gasteiger partial charge < -0.3 is 9.88 Å². The van der Waals surface area contributed by atoms with E-state index in [-0.39, 0.29) is 12.2 Å². The normalized spacial score (nSPS) is 17.6. The van der Waals surface area contributed by atoms with Crippen molar-refractivity contribution in [3.8, 4) is 5.69 Å². The zero-order chi connectivity index (χ0) is 32.1. The van der Waals surface area contributed by atoms with E-state index in [0.29, 0.717) is 0 Å². The molecule has 0 saturated carbocycles. The number of aromatic nitrogens is 1. The summed E-state index contributed by atoms with van der Waals surface area (Å²) in [6.07, 6.45) is 8.71. The largest absolute Gasteiger partial charge is 0.365 e. The van der Waals surface area contributed by atoms with Crippen LogP contribution < -0.4 is 10.6 Å². The van der Waals surface area contributed by atoms with Crippen molar-refractivity contribution in [2.24, 2.45) is 0 Å². The van der Waals surface area contributed by atoms with Gasteiger partial charge in [-0.25, -0.2) is 0 Å². The number of rotatable bonds is 3. The Balaban J connectivity index is 1.15. The molecule has 2 aliphatic rings. The van der Waals surface area contributed by atoms with E-state index in [0.717, 1.165) is 0 Å². The molecule has 2 atom stereocenters. The third kappa shape index (κ3) is 3.98. The van der Waals surface area contributed by atoms with Crippen LogP contribution in [-0.2, 0) is 0 Å². The molecule has 1 aliphatic carbocycles. The first-order chi connectivity index (χ1) is 24.3. The van der Waals surface area contributed by atoms with Gasteiger partial charge in [0.2, 0.25) is 0 Å². The zero-order valence-electron chi connectivity index (χ0n) is 26.4. The Hall–Kier alpha value is -5.46. The van der Waals surface area contributed by atoms with E-state index in [1.807, 2.05) is 22.7 Å². The van der Waals surface area contributed by atoms with Crippen molar-refractivity contribution in [3.63, 3.8) is 0 Å². The quantitative estimate of drug-likeness (QED) is 0.197. The summed E-state index contributed by atoms with van der Waals surface area (Å²) in [5.74, 6) is 0. The van der Waals surface area contributed by atoms with Gasteiger partial charge >= 0.3 is 0 Å². The molecule has 2 unspecified atom stereocenters. The molecule has 3 nitrogen and oxygen atoms in total. The Morgan fingerprint density at radius 3 is 2.00 bits per heavy atom.